The molecule has 1 atom stereocenters. The Balaban J connectivity index is 1.65. The lowest BCUT2D eigenvalue weighted by molar-refractivity contribution is -0.0113. The maximum Gasteiger partial charge on any atom is 0.410 e. The standard InChI is InChI=1S/C19H28N2O4/c1-19(2,3)25-18(22)21-12-7-10-17(14-21)23-13-11-20-24-15-16-8-5-4-6-9-16/h4-6,8-9,11,17H,7,10,12-15H2,1-3H3/b20-11+. The van der Waals surface area contributed by atoms with Crippen LogP contribution in [0.4, 0.5) is 4.79 Å². The Kier molecular flexibility index (Phi) is 7.25. The number of oxime groups is 1. The van der Waals surface area contributed by atoms with Gasteiger partial charge in [-0.2, -0.15) is 0 Å². The summed E-state index contributed by atoms with van der Waals surface area (Å²) in [4.78, 5) is 19.0. The molecule has 0 radical (unpaired) electrons. The van der Waals surface area contributed by atoms with Crippen molar-refractivity contribution in [2.45, 2.75) is 51.9 Å². The van der Waals surface area contributed by atoms with Crippen molar-refractivity contribution in [1.29, 1.82) is 0 Å². The molecule has 1 aromatic rings. The Labute approximate surface area is 149 Å². The van der Waals surface area contributed by atoms with E-state index in [1.54, 1.807) is 11.1 Å². The number of ether oxygens (including phenoxy) is 2. The van der Waals surface area contributed by atoms with Crippen LogP contribution >= 0.6 is 0 Å². The van der Waals surface area contributed by atoms with Gasteiger partial charge in [-0.1, -0.05) is 35.5 Å². The molecule has 6 heteroatoms. The Bertz CT molecular complexity index is 554. The van der Waals surface area contributed by atoms with Gasteiger partial charge in [-0.3, -0.25) is 0 Å². The molecular weight excluding hydrogens is 320 g/mol. The highest BCUT2D eigenvalue weighted by Gasteiger charge is 2.27. The van der Waals surface area contributed by atoms with Gasteiger partial charge >= 0.3 is 6.09 Å². The molecule has 0 saturated carbocycles. The van der Waals surface area contributed by atoms with Crippen LogP contribution in [-0.4, -0.2) is 48.6 Å². The molecule has 0 N–H and O–H groups in total. The molecule has 0 aromatic heterocycles. The SMILES string of the molecule is CC(C)(C)OC(=O)N1CCCC(OC/C=N/OCc2ccccc2)C1. The van der Waals surface area contributed by atoms with Crippen molar-refractivity contribution < 1.29 is 19.1 Å². The van der Waals surface area contributed by atoms with E-state index in [4.69, 9.17) is 14.3 Å². The lowest BCUT2D eigenvalue weighted by Crippen LogP contribution is -2.45. The minimum Gasteiger partial charge on any atom is -0.444 e. The van der Waals surface area contributed by atoms with Crippen molar-refractivity contribution in [3.63, 3.8) is 0 Å². The molecule has 1 unspecified atom stereocenters. The summed E-state index contributed by atoms with van der Waals surface area (Å²) in [6.07, 6.45) is 3.17. The summed E-state index contributed by atoms with van der Waals surface area (Å²) in [5, 5.41) is 3.90. The maximum atomic E-state index is 12.1. The molecular formula is C19H28N2O4. The molecule has 1 aliphatic heterocycles. The second-order valence-corrected chi connectivity index (χ2v) is 7.07. The fourth-order valence-corrected chi connectivity index (χ4v) is 2.51. The van der Waals surface area contributed by atoms with E-state index in [-0.39, 0.29) is 12.2 Å². The lowest BCUT2D eigenvalue weighted by Gasteiger charge is -2.33. The van der Waals surface area contributed by atoms with Gasteiger partial charge in [0.1, 0.15) is 12.2 Å². The van der Waals surface area contributed by atoms with E-state index in [0.29, 0.717) is 26.3 Å². The smallest absolute Gasteiger partial charge is 0.410 e. The van der Waals surface area contributed by atoms with Gasteiger partial charge in [0.15, 0.2) is 0 Å². The molecule has 1 aliphatic rings. The molecule has 0 bridgehead atoms. The summed E-state index contributed by atoms with van der Waals surface area (Å²) in [5.41, 5.74) is 0.592. The molecule has 0 aliphatic carbocycles. The van der Waals surface area contributed by atoms with Crippen LogP contribution in [0.15, 0.2) is 35.5 Å². The van der Waals surface area contributed by atoms with E-state index in [1.165, 1.54) is 0 Å². The fraction of sp³-hybridized carbons (Fsp3) is 0.579. The third-order valence-corrected chi connectivity index (χ3v) is 3.66. The van der Waals surface area contributed by atoms with Gasteiger partial charge in [-0.05, 0) is 39.2 Å². The third kappa shape index (κ3) is 7.56. The zero-order chi connectivity index (χ0) is 18.1. The van der Waals surface area contributed by atoms with Crippen LogP contribution in [0.1, 0.15) is 39.2 Å². The van der Waals surface area contributed by atoms with Crippen molar-refractivity contribution >= 4 is 12.3 Å². The second kappa shape index (κ2) is 9.42. The number of amides is 1. The van der Waals surface area contributed by atoms with Crippen LogP contribution < -0.4 is 0 Å². The molecule has 2 rings (SSSR count). The third-order valence-electron chi connectivity index (χ3n) is 3.66. The lowest BCUT2D eigenvalue weighted by atomic mass is 10.1. The van der Waals surface area contributed by atoms with Crippen molar-refractivity contribution in [3.05, 3.63) is 35.9 Å². The number of benzene rings is 1. The van der Waals surface area contributed by atoms with E-state index >= 15 is 0 Å². The number of likely N-dealkylation sites (tertiary alicyclic amines) is 1. The summed E-state index contributed by atoms with van der Waals surface area (Å²) >= 11 is 0. The predicted octanol–water partition coefficient (Wildman–Crippen LogP) is 3.61. The Morgan fingerprint density at radius 1 is 1.32 bits per heavy atom. The molecule has 1 heterocycles. The number of carbonyl (C=O) groups excluding carboxylic acids is 1. The van der Waals surface area contributed by atoms with Gasteiger partial charge in [-0.15, -0.1) is 0 Å². The molecule has 25 heavy (non-hydrogen) atoms. The van der Waals surface area contributed by atoms with Gasteiger partial charge < -0.3 is 19.2 Å². The molecule has 1 amide bonds. The molecule has 1 fully saturated rings. The molecule has 138 valence electrons. The Morgan fingerprint density at radius 3 is 2.80 bits per heavy atom. The minimum atomic E-state index is -0.479. The van der Waals surface area contributed by atoms with Crippen molar-refractivity contribution in [2.24, 2.45) is 5.16 Å². The number of carbonyl (C=O) groups is 1. The van der Waals surface area contributed by atoms with Crippen LogP contribution in [0.25, 0.3) is 0 Å². The van der Waals surface area contributed by atoms with Gasteiger partial charge in [0.05, 0.1) is 25.5 Å². The second-order valence-electron chi connectivity index (χ2n) is 7.07. The number of piperidine rings is 1. The highest BCUT2D eigenvalue weighted by atomic mass is 16.6. The van der Waals surface area contributed by atoms with Gasteiger partial charge in [0.2, 0.25) is 0 Å². The quantitative estimate of drug-likeness (QED) is 0.582. The first kappa shape index (κ1) is 19.2. The Hall–Kier alpha value is -2.08. The largest absolute Gasteiger partial charge is 0.444 e. The topological polar surface area (TPSA) is 60.4 Å². The number of hydrogen-bond acceptors (Lipinski definition) is 5. The summed E-state index contributed by atoms with van der Waals surface area (Å²) in [7, 11) is 0. The van der Waals surface area contributed by atoms with Crippen LogP contribution in [0.3, 0.4) is 0 Å². The monoisotopic (exact) mass is 348 g/mol. The number of rotatable bonds is 6. The summed E-state index contributed by atoms with van der Waals surface area (Å²) in [6, 6.07) is 9.86. The summed E-state index contributed by atoms with van der Waals surface area (Å²) in [6.45, 7) is 7.67. The molecule has 0 spiro atoms. The van der Waals surface area contributed by atoms with E-state index in [1.807, 2.05) is 51.1 Å². The average molecular weight is 348 g/mol. The molecule has 1 aromatic carbocycles. The van der Waals surface area contributed by atoms with Crippen LogP contribution in [0, 0.1) is 0 Å². The molecule has 6 nitrogen and oxygen atoms in total. The van der Waals surface area contributed by atoms with Crippen LogP contribution in [0.2, 0.25) is 0 Å². The summed E-state index contributed by atoms with van der Waals surface area (Å²) in [5.74, 6) is 0. The van der Waals surface area contributed by atoms with E-state index in [9.17, 15) is 4.79 Å². The van der Waals surface area contributed by atoms with Crippen molar-refractivity contribution in [3.8, 4) is 0 Å². The number of hydrogen-bond donors (Lipinski definition) is 0. The van der Waals surface area contributed by atoms with Gasteiger partial charge in [0.25, 0.3) is 0 Å². The van der Waals surface area contributed by atoms with Crippen LogP contribution in [0.5, 0.6) is 0 Å². The zero-order valence-corrected chi connectivity index (χ0v) is 15.3. The summed E-state index contributed by atoms with van der Waals surface area (Å²) < 4.78 is 11.2. The van der Waals surface area contributed by atoms with Crippen molar-refractivity contribution in [1.82, 2.24) is 4.90 Å². The zero-order valence-electron chi connectivity index (χ0n) is 15.3. The van der Waals surface area contributed by atoms with Gasteiger partial charge in [0, 0.05) is 6.54 Å². The maximum absolute atomic E-state index is 12.1. The van der Waals surface area contributed by atoms with E-state index in [0.717, 1.165) is 18.4 Å². The first-order valence-electron chi connectivity index (χ1n) is 8.71. The van der Waals surface area contributed by atoms with Gasteiger partial charge in [-0.25, -0.2) is 4.79 Å². The number of nitrogens with zero attached hydrogens (tertiary/aromatic N) is 2. The van der Waals surface area contributed by atoms with E-state index in [2.05, 4.69) is 5.16 Å². The van der Waals surface area contributed by atoms with Crippen molar-refractivity contribution in [2.75, 3.05) is 19.7 Å². The minimum absolute atomic E-state index is 0.00171. The normalized spacial score (nSPS) is 18.4. The Morgan fingerprint density at radius 2 is 2.08 bits per heavy atom. The van der Waals surface area contributed by atoms with E-state index < -0.39 is 5.60 Å². The highest BCUT2D eigenvalue weighted by Crippen LogP contribution is 2.17. The average Bonchev–Trinajstić information content (AvgIpc) is 2.58. The first-order valence-corrected chi connectivity index (χ1v) is 8.71. The fourth-order valence-electron chi connectivity index (χ4n) is 2.51. The highest BCUT2D eigenvalue weighted by molar-refractivity contribution is 5.68. The van der Waals surface area contributed by atoms with Crippen LogP contribution in [-0.2, 0) is 20.9 Å². The molecule has 1 saturated heterocycles. The first-order chi connectivity index (χ1) is 11.9. The predicted molar refractivity (Wildman–Crippen MR) is 96.5 cm³/mol.